The van der Waals surface area contributed by atoms with Gasteiger partial charge in [-0.05, 0) is 49.2 Å². The number of thioether (sulfide) groups is 1. The van der Waals surface area contributed by atoms with E-state index in [9.17, 15) is 9.18 Å². The summed E-state index contributed by atoms with van der Waals surface area (Å²) in [5.41, 5.74) is 0.929. The number of amides is 1. The molecule has 32 heavy (non-hydrogen) atoms. The van der Waals surface area contributed by atoms with E-state index >= 15 is 0 Å². The summed E-state index contributed by atoms with van der Waals surface area (Å²) in [6.45, 7) is 1.12. The van der Waals surface area contributed by atoms with Gasteiger partial charge in [0.2, 0.25) is 0 Å². The van der Waals surface area contributed by atoms with E-state index in [1.807, 2.05) is 0 Å². The van der Waals surface area contributed by atoms with Crippen LogP contribution >= 0.6 is 11.8 Å². The molecule has 1 unspecified atom stereocenters. The molecule has 168 valence electrons. The molecule has 3 aromatic rings. The molecular weight excluding hydrogens is 431 g/mol. The number of hydrogen-bond donors (Lipinski definition) is 1. The molecule has 1 amide bonds. The van der Waals surface area contributed by atoms with Crippen LogP contribution < -0.4 is 10.1 Å². The molecule has 1 fully saturated rings. The molecule has 1 N–H and O–H groups in total. The fourth-order valence-electron chi connectivity index (χ4n) is 3.51. The Labute approximate surface area is 190 Å². The quantitative estimate of drug-likeness (QED) is 0.495. The molecular formula is C23H25FN4O3S. The third-order valence-electron chi connectivity index (χ3n) is 5.20. The van der Waals surface area contributed by atoms with Gasteiger partial charge in [-0.3, -0.25) is 9.36 Å². The van der Waals surface area contributed by atoms with Crippen molar-refractivity contribution in [2.24, 2.45) is 0 Å². The zero-order chi connectivity index (χ0) is 22.3. The molecule has 0 bridgehead atoms. The zero-order valence-corrected chi connectivity index (χ0v) is 18.6. The van der Waals surface area contributed by atoms with Crippen LogP contribution in [0.15, 0.2) is 53.7 Å². The maximum absolute atomic E-state index is 14.6. The Balaban J connectivity index is 1.46. The van der Waals surface area contributed by atoms with Gasteiger partial charge < -0.3 is 14.8 Å². The number of halogens is 1. The fourth-order valence-corrected chi connectivity index (χ4v) is 4.54. The first-order valence-electron chi connectivity index (χ1n) is 10.5. The summed E-state index contributed by atoms with van der Waals surface area (Å²) in [6, 6.07) is 13.4. The lowest BCUT2D eigenvalue weighted by molar-refractivity contribution is 0.0954. The van der Waals surface area contributed by atoms with E-state index in [-0.39, 0.29) is 17.8 Å². The minimum atomic E-state index is -0.352. The van der Waals surface area contributed by atoms with Crippen LogP contribution in [0.5, 0.6) is 5.75 Å². The van der Waals surface area contributed by atoms with Crippen LogP contribution in [0.3, 0.4) is 0 Å². The highest BCUT2D eigenvalue weighted by molar-refractivity contribution is 7.99. The Morgan fingerprint density at radius 3 is 2.78 bits per heavy atom. The lowest BCUT2D eigenvalue weighted by Gasteiger charge is -2.13. The molecule has 0 spiro atoms. The summed E-state index contributed by atoms with van der Waals surface area (Å²) < 4.78 is 27.1. The Morgan fingerprint density at radius 2 is 2.06 bits per heavy atom. The third-order valence-corrected chi connectivity index (χ3v) is 6.26. The van der Waals surface area contributed by atoms with E-state index in [2.05, 4.69) is 15.5 Å². The predicted molar refractivity (Wildman–Crippen MR) is 120 cm³/mol. The van der Waals surface area contributed by atoms with Gasteiger partial charge in [-0.15, -0.1) is 10.2 Å². The molecule has 2 heterocycles. The molecule has 0 radical (unpaired) electrons. The number of methoxy groups -OCH3 is 1. The van der Waals surface area contributed by atoms with Crippen LogP contribution in [0.25, 0.3) is 5.69 Å². The van der Waals surface area contributed by atoms with Crippen LogP contribution in [0.1, 0.15) is 29.0 Å². The normalized spacial score (nSPS) is 15.6. The summed E-state index contributed by atoms with van der Waals surface area (Å²) in [5, 5.41) is 12.1. The number of carbonyl (C=O) groups excluding carboxylic acids is 1. The van der Waals surface area contributed by atoms with E-state index < -0.39 is 0 Å². The Morgan fingerprint density at radius 1 is 1.25 bits per heavy atom. The van der Waals surface area contributed by atoms with Gasteiger partial charge in [-0.2, -0.15) is 0 Å². The van der Waals surface area contributed by atoms with Gasteiger partial charge in [-0.1, -0.05) is 23.9 Å². The molecule has 0 saturated carbocycles. The van der Waals surface area contributed by atoms with Gasteiger partial charge in [0.15, 0.2) is 5.16 Å². The first-order valence-corrected chi connectivity index (χ1v) is 11.5. The van der Waals surface area contributed by atoms with Gasteiger partial charge in [0.25, 0.3) is 5.91 Å². The molecule has 2 aromatic carbocycles. The van der Waals surface area contributed by atoms with Crippen LogP contribution in [0.4, 0.5) is 4.39 Å². The highest BCUT2D eigenvalue weighted by atomic mass is 32.2. The molecule has 7 nitrogen and oxygen atoms in total. The molecule has 1 saturated heterocycles. The second kappa shape index (κ2) is 10.6. The van der Waals surface area contributed by atoms with Crippen molar-refractivity contribution in [3.8, 4) is 11.4 Å². The first kappa shape index (κ1) is 22.3. The SMILES string of the molecule is COc1ccc(C(=O)NCCc2nnc(SCC3CCCO3)n2-c2ccccc2F)cc1. The number of para-hydroxylation sites is 1. The zero-order valence-electron chi connectivity index (χ0n) is 17.8. The topological polar surface area (TPSA) is 78.3 Å². The van der Waals surface area contributed by atoms with E-state index in [4.69, 9.17) is 9.47 Å². The summed E-state index contributed by atoms with van der Waals surface area (Å²) in [4.78, 5) is 12.4. The lowest BCUT2D eigenvalue weighted by Crippen LogP contribution is -2.26. The number of ether oxygens (including phenoxy) is 2. The molecule has 1 aromatic heterocycles. The average molecular weight is 457 g/mol. The van der Waals surface area contributed by atoms with Crippen molar-refractivity contribution in [1.29, 1.82) is 0 Å². The maximum Gasteiger partial charge on any atom is 0.251 e. The average Bonchev–Trinajstić information content (AvgIpc) is 3.48. The minimum absolute atomic E-state index is 0.179. The van der Waals surface area contributed by atoms with Crippen molar-refractivity contribution in [2.75, 3.05) is 26.0 Å². The molecule has 0 aliphatic carbocycles. The number of aromatic nitrogens is 3. The van der Waals surface area contributed by atoms with Crippen LogP contribution in [0, 0.1) is 5.82 Å². The minimum Gasteiger partial charge on any atom is -0.497 e. The van der Waals surface area contributed by atoms with E-state index in [1.165, 1.54) is 17.8 Å². The molecule has 4 rings (SSSR count). The third kappa shape index (κ3) is 5.28. The smallest absolute Gasteiger partial charge is 0.251 e. The van der Waals surface area contributed by atoms with Crippen molar-refractivity contribution in [2.45, 2.75) is 30.5 Å². The Hall–Kier alpha value is -2.91. The maximum atomic E-state index is 14.6. The highest BCUT2D eigenvalue weighted by Gasteiger charge is 2.21. The number of nitrogens with zero attached hydrogens (tertiary/aromatic N) is 3. The van der Waals surface area contributed by atoms with Crippen LogP contribution in [-0.4, -0.2) is 52.8 Å². The summed E-state index contributed by atoms with van der Waals surface area (Å²) in [6.07, 6.45) is 2.66. The summed E-state index contributed by atoms with van der Waals surface area (Å²) in [7, 11) is 1.58. The summed E-state index contributed by atoms with van der Waals surface area (Å²) in [5.74, 6) is 1.46. The second-order valence-corrected chi connectivity index (χ2v) is 8.35. The largest absolute Gasteiger partial charge is 0.497 e. The van der Waals surface area contributed by atoms with Gasteiger partial charge in [0, 0.05) is 30.9 Å². The number of benzene rings is 2. The van der Waals surface area contributed by atoms with Gasteiger partial charge in [0.05, 0.1) is 18.9 Å². The number of carbonyl (C=O) groups is 1. The Bertz CT molecular complexity index is 1050. The van der Waals surface area contributed by atoms with Crippen molar-refractivity contribution in [3.63, 3.8) is 0 Å². The second-order valence-electron chi connectivity index (χ2n) is 7.37. The van der Waals surface area contributed by atoms with Crippen molar-refractivity contribution >= 4 is 17.7 Å². The van der Waals surface area contributed by atoms with Gasteiger partial charge in [-0.25, -0.2) is 4.39 Å². The van der Waals surface area contributed by atoms with Crippen LogP contribution in [-0.2, 0) is 11.2 Å². The van der Waals surface area contributed by atoms with E-state index in [0.717, 1.165) is 25.2 Å². The number of hydrogen-bond acceptors (Lipinski definition) is 6. The van der Waals surface area contributed by atoms with Crippen molar-refractivity contribution in [1.82, 2.24) is 20.1 Å². The summed E-state index contributed by atoms with van der Waals surface area (Å²) >= 11 is 1.51. The van der Waals surface area contributed by atoms with E-state index in [1.54, 1.807) is 54.1 Å². The van der Waals surface area contributed by atoms with E-state index in [0.29, 0.717) is 40.9 Å². The lowest BCUT2D eigenvalue weighted by atomic mass is 10.2. The molecule has 9 heteroatoms. The molecule has 1 aliphatic rings. The monoisotopic (exact) mass is 456 g/mol. The van der Waals surface area contributed by atoms with Crippen molar-refractivity contribution in [3.05, 3.63) is 65.7 Å². The molecule has 1 aliphatic heterocycles. The van der Waals surface area contributed by atoms with Gasteiger partial charge >= 0.3 is 0 Å². The standard InChI is InChI=1S/C23H25FN4O3S/c1-30-17-10-8-16(9-11-17)22(29)25-13-12-21-26-27-23(32-15-18-5-4-14-31-18)28(21)20-7-3-2-6-19(20)24/h2-3,6-11,18H,4-5,12-15H2,1H3,(H,25,29). The molecule has 1 atom stereocenters. The predicted octanol–water partition coefficient (Wildman–Crippen LogP) is 3.66. The number of nitrogens with one attached hydrogen (secondary N) is 1. The highest BCUT2D eigenvalue weighted by Crippen LogP contribution is 2.27. The number of rotatable bonds is 9. The Kier molecular flexibility index (Phi) is 7.39. The van der Waals surface area contributed by atoms with Gasteiger partial charge in [0.1, 0.15) is 17.4 Å². The first-order chi connectivity index (χ1) is 15.7. The van der Waals surface area contributed by atoms with Crippen LogP contribution in [0.2, 0.25) is 0 Å². The van der Waals surface area contributed by atoms with Crippen molar-refractivity contribution < 1.29 is 18.7 Å². The fraction of sp³-hybridized carbons (Fsp3) is 0.348.